The van der Waals surface area contributed by atoms with Crippen molar-refractivity contribution in [3.05, 3.63) is 101 Å². The Bertz CT molecular complexity index is 1500. The summed E-state index contributed by atoms with van der Waals surface area (Å²) in [7, 11) is -3.74. The number of hydrogen-bond acceptors (Lipinski definition) is 7. The van der Waals surface area contributed by atoms with Gasteiger partial charge >= 0.3 is 0 Å². The molecular formula is C28H30N4O4S. The third kappa shape index (κ3) is 6.42. The Morgan fingerprint density at radius 1 is 1.03 bits per heavy atom. The minimum absolute atomic E-state index is 0.0351. The van der Waals surface area contributed by atoms with Crippen molar-refractivity contribution in [3.8, 4) is 0 Å². The fourth-order valence-corrected chi connectivity index (χ4v) is 4.49. The van der Waals surface area contributed by atoms with Crippen molar-refractivity contribution in [3.63, 3.8) is 0 Å². The van der Waals surface area contributed by atoms with E-state index >= 15 is 0 Å². The number of aryl methyl sites for hydroxylation is 3. The number of nitrogens with zero attached hydrogens (tertiary/aromatic N) is 3. The molecule has 0 atom stereocenters. The van der Waals surface area contributed by atoms with Gasteiger partial charge in [0.2, 0.25) is 15.0 Å². The molecule has 2 heterocycles. The molecule has 0 saturated carbocycles. The highest BCUT2D eigenvalue weighted by Crippen LogP contribution is 2.26. The van der Waals surface area contributed by atoms with Crippen LogP contribution in [0.2, 0.25) is 0 Å². The van der Waals surface area contributed by atoms with E-state index in [4.69, 9.17) is 4.42 Å². The number of anilines is 2. The highest BCUT2D eigenvalue weighted by molar-refractivity contribution is 7.90. The molecular weight excluding hydrogens is 488 g/mol. The molecule has 37 heavy (non-hydrogen) atoms. The number of rotatable bonds is 9. The summed E-state index contributed by atoms with van der Waals surface area (Å²) in [4.78, 5) is 23.8. The molecule has 4 rings (SSSR count). The van der Waals surface area contributed by atoms with Gasteiger partial charge in [0, 0.05) is 18.5 Å². The van der Waals surface area contributed by atoms with Crippen molar-refractivity contribution < 1.29 is 17.6 Å². The first-order chi connectivity index (χ1) is 17.6. The zero-order chi connectivity index (χ0) is 26.6. The monoisotopic (exact) mass is 518 g/mol. The lowest BCUT2D eigenvalue weighted by molar-refractivity contribution is 0.102. The fourth-order valence-electron chi connectivity index (χ4n) is 3.99. The number of nitrogens with one attached hydrogen (secondary N) is 1. The van der Waals surface area contributed by atoms with Gasteiger partial charge < -0.3 is 14.6 Å². The molecule has 192 valence electrons. The van der Waals surface area contributed by atoms with E-state index < -0.39 is 20.9 Å². The molecule has 8 nitrogen and oxygen atoms in total. The minimum atomic E-state index is -3.74. The lowest BCUT2D eigenvalue weighted by atomic mass is 10.1. The van der Waals surface area contributed by atoms with Crippen LogP contribution in [0.1, 0.15) is 45.4 Å². The molecule has 1 N–H and O–H groups in total. The van der Waals surface area contributed by atoms with Crippen LogP contribution >= 0.6 is 0 Å². The van der Waals surface area contributed by atoms with E-state index in [-0.39, 0.29) is 5.69 Å². The second-order valence-electron chi connectivity index (χ2n) is 9.04. The topological polar surface area (TPSA) is 105 Å². The molecule has 0 bridgehead atoms. The number of benzene rings is 2. The predicted molar refractivity (Wildman–Crippen MR) is 143 cm³/mol. The van der Waals surface area contributed by atoms with Crippen molar-refractivity contribution in [2.24, 2.45) is 0 Å². The molecule has 2 aromatic carbocycles. The molecule has 0 aliphatic carbocycles. The quantitative estimate of drug-likeness (QED) is 0.307. The average Bonchev–Trinajstić information content (AvgIpc) is 3.38. The van der Waals surface area contributed by atoms with Gasteiger partial charge in [0.25, 0.3) is 5.91 Å². The number of sulfone groups is 1. The number of furan rings is 1. The van der Waals surface area contributed by atoms with E-state index in [0.29, 0.717) is 30.2 Å². The molecule has 0 unspecified atom stereocenters. The molecule has 0 aliphatic rings. The Labute approximate surface area is 217 Å². The van der Waals surface area contributed by atoms with E-state index in [1.165, 1.54) is 11.8 Å². The summed E-state index contributed by atoms with van der Waals surface area (Å²) in [6, 6.07) is 17.5. The second kappa shape index (κ2) is 11.0. The lowest BCUT2D eigenvalue weighted by Crippen LogP contribution is -2.27. The van der Waals surface area contributed by atoms with Gasteiger partial charge in [-0.1, -0.05) is 48.9 Å². The zero-order valence-corrected chi connectivity index (χ0v) is 22.2. The van der Waals surface area contributed by atoms with Gasteiger partial charge in [-0.2, -0.15) is 0 Å². The number of carbonyl (C=O) groups is 1. The molecule has 9 heteroatoms. The fraction of sp³-hybridized carbons (Fsp3) is 0.250. The van der Waals surface area contributed by atoms with Crippen LogP contribution in [0.4, 0.5) is 11.4 Å². The molecule has 0 saturated heterocycles. The maximum atomic E-state index is 13.5. The van der Waals surface area contributed by atoms with E-state index in [1.807, 2.05) is 55.1 Å². The van der Waals surface area contributed by atoms with Crippen molar-refractivity contribution in [1.82, 2.24) is 9.97 Å². The van der Waals surface area contributed by atoms with Gasteiger partial charge in [-0.15, -0.1) is 0 Å². The third-order valence-electron chi connectivity index (χ3n) is 6.00. The van der Waals surface area contributed by atoms with E-state index in [2.05, 4.69) is 34.3 Å². The lowest BCUT2D eigenvalue weighted by Gasteiger charge is -2.25. The summed E-state index contributed by atoms with van der Waals surface area (Å²) in [6.07, 6.45) is 4.92. The van der Waals surface area contributed by atoms with E-state index in [0.717, 1.165) is 29.4 Å². The van der Waals surface area contributed by atoms with Crippen LogP contribution in [-0.2, 0) is 29.3 Å². The minimum Gasteiger partial charge on any atom is -0.467 e. The summed E-state index contributed by atoms with van der Waals surface area (Å²) in [5.74, 6) is 0.151. The van der Waals surface area contributed by atoms with Crippen molar-refractivity contribution in [1.29, 1.82) is 0 Å². The van der Waals surface area contributed by atoms with Crippen LogP contribution in [-0.4, -0.2) is 30.5 Å². The molecule has 0 radical (unpaired) electrons. The van der Waals surface area contributed by atoms with Crippen LogP contribution in [0.25, 0.3) is 0 Å². The van der Waals surface area contributed by atoms with Gasteiger partial charge in [-0.05, 0) is 55.2 Å². The Morgan fingerprint density at radius 2 is 1.76 bits per heavy atom. The Balaban J connectivity index is 1.78. The van der Waals surface area contributed by atoms with Crippen LogP contribution in [0, 0.1) is 13.8 Å². The normalized spacial score (nSPS) is 11.4. The largest absolute Gasteiger partial charge is 0.467 e. The maximum absolute atomic E-state index is 13.5. The van der Waals surface area contributed by atoms with Gasteiger partial charge in [-0.25, -0.2) is 18.4 Å². The van der Waals surface area contributed by atoms with E-state index in [1.54, 1.807) is 12.3 Å². The standard InChI is InChI=1S/C28H30N4O4S/c1-5-21-9-11-22(12-10-21)17-32(18-23-7-6-14-36-23)25-16-29-28(37(4,34)35)31-26(25)27(33)30-24-13-8-19(2)15-20(24)3/h6-16H,5,17-18H2,1-4H3,(H,30,33). The van der Waals surface area contributed by atoms with Crippen LogP contribution in [0.5, 0.6) is 0 Å². The maximum Gasteiger partial charge on any atom is 0.276 e. The average molecular weight is 519 g/mol. The summed E-state index contributed by atoms with van der Waals surface area (Å²) < 4.78 is 30.1. The molecule has 1 amide bonds. The number of carbonyl (C=O) groups excluding carboxylic acids is 1. The van der Waals surface area contributed by atoms with Crippen LogP contribution in [0.15, 0.2) is 76.6 Å². The van der Waals surface area contributed by atoms with Gasteiger partial charge in [0.15, 0.2) is 5.69 Å². The first-order valence-corrected chi connectivity index (χ1v) is 13.8. The predicted octanol–water partition coefficient (Wildman–Crippen LogP) is 5.11. The molecule has 4 aromatic rings. The number of aromatic nitrogens is 2. The first-order valence-electron chi connectivity index (χ1n) is 11.9. The molecule has 0 spiro atoms. The number of amides is 1. The van der Waals surface area contributed by atoms with Crippen molar-refractivity contribution in [2.75, 3.05) is 16.5 Å². The second-order valence-corrected chi connectivity index (χ2v) is 10.9. The van der Waals surface area contributed by atoms with Crippen molar-refractivity contribution in [2.45, 2.75) is 45.4 Å². The number of hydrogen-bond donors (Lipinski definition) is 1. The summed E-state index contributed by atoms with van der Waals surface area (Å²) >= 11 is 0. The Morgan fingerprint density at radius 3 is 2.38 bits per heavy atom. The van der Waals surface area contributed by atoms with Crippen LogP contribution in [0.3, 0.4) is 0 Å². The molecule has 0 fully saturated rings. The Kier molecular flexibility index (Phi) is 7.73. The third-order valence-corrected chi connectivity index (χ3v) is 6.86. The van der Waals surface area contributed by atoms with Crippen LogP contribution < -0.4 is 10.2 Å². The SMILES string of the molecule is CCc1ccc(CN(Cc2ccco2)c2cnc(S(C)(=O)=O)nc2C(=O)Nc2ccc(C)cc2C)cc1. The molecule has 0 aliphatic heterocycles. The van der Waals surface area contributed by atoms with E-state index in [9.17, 15) is 13.2 Å². The highest BCUT2D eigenvalue weighted by Gasteiger charge is 2.24. The summed E-state index contributed by atoms with van der Waals surface area (Å²) in [5.41, 5.74) is 5.16. The summed E-state index contributed by atoms with van der Waals surface area (Å²) in [6.45, 7) is 6.72. The Hall–Kier alpha value is -3.98. The zero-order valence-electron chi connectivity index (χ0n) is 21.4. The van der Waals surface area contributed by atoms with Gasteiger partial charge in [0.05, 0.1) is 24.7 Å². The smallest absolute Gasteiger partial charge is 0.276 e. The molecule has 2 aromatic heterocycles. The van der Waals surface area contributed by atoms with Crippen molar-refractivity contribution >= 4 is 27.1 Å². The highest BCUT2D eigenvalue weighted by atomic mass is 32.2. The van der Waals surface area contributed by atoms with Gasteiger partial charge in [-0.3, -0.25) is 4.79 Å². The summed E-state index contributed by atoms with van der Waals surface area (Å²) in [5, 5.41) is 2.48. The van der Waals surface area contributed by atoms with Gasteiger partial charge in [0.1, 0.15) is 5.76 Å². The first kappa shape index (κ1) is 26.1.